The summed E-state index contributed by atoms with van der Waals surface area (Å²) in [4.78, 5) is 19.3. The summed E-state index contributed by atoms with van der Waals surface area (Å²) in [5.41, 5.74) is 2.34. The van der Waals surface area contributed by atoms with Gasteiger partial charge in [0.25, 0.3) is 0 Å². The van der Waals surface area contributed by atoms with E-state index in [2.05, 4.69) is 15.3 Å². The third-order valence-electron chi connectivity index (χ3n) is 3.27. The summed E-state index contributed by atoms with van der Waals surface area (Å²) in [6.07, 6.45) is 2.29. The number of thiazole rings is 1. The van der Waals surface area contributed by atoms with Crippen molar-refractivity contribution in [1.29, 1.82) is 0 Å². The van der Waals surface area contributed by atoms with E-state index in [0.29, 0.717) is 28.7 Å². The number of fused-ring (bicyclic) bond motifs is 1. The van der Waals surface area contributed by atoms with Gasteiger partial charge in [0.05, 0.1) is 18.4 Å². The Hall–Kier alpha value is -2.71. The van der Waals surface area contributed by atoms with Crippen LogP contribution in [0.1, 0.15) is 0 Å². The lowest BCUT2D eigenvalue weighted by molar-refractivity contribution is -0.105. The number of nitrogens with one attached hydrogen (secondary N) is 1. The lowest BCUT2D eigenvalue weighted by Crippen LogP contribution is -2.01. The van der Waals surface area contributed by atoms with Crippen molar-refractivity contribution >= 4 is 33.1 Å². The van der Waals surface area contributed by atoms with Crippen molar-refractivity contribution in [3.8, 4) is 22.8 Å². The molecule has 2 N–H and O–H groups in total. The van der Waals surface area contributed by atoms with E-state index >= 15 is 0 Å². The molecule has 0 aliphatic rings. The molecule has 2 aromatic heterocycles. The van der Waals surface area contributed by atoms with Crippen molar-refractivity contribution in [3.05, 3.63) is 30.5 Å². The number of pyridine rings is 1. The largest absolute Gasteiger partial charge is 0.491 e. The molecule has 1 aromatic carbocycles. The number of methoxy groups -OCH3 is 1. The van der Waals surface area contributed by atoms with Crippen molar-refractivity contribution in [2.45, 2.75) is 0 Å². The zero-order chi connectivity index (χ0) is 16.9. The van der Waals surface area contributed by atoms with E-state index in [1.807, 2.05) is 24.3 Å². The smallest absolute Gasteiger partial charge is 0.241 e. The molecular formula is C16H15N3O4S. The first kappa shape index (κ1) is 16.2. The summed E-state index contributed by atoms with van der Waals surface area (Å²) in [6, 6.07) is 7.48. The van der Waals surface area contributed by atoms with Crippen LogP contribution in [0.15, 0.2) is 30.5 Å². The summed E-state index contributed by atoms with van der Waals surface area (Å²) in [5, 5.41) is 11.9. The summed E-state index contributed by atoms with van der Waals surface area (Å²) < 4.78 is 11.6. The van der Waals surface area contributed by atoms with Gasteiger partial charge in [-0.15, -0.1) is 0 Å². The van der Waals surface area contributed by atoms with Gasteiger partial charge >= 0.3 is 0 Å². The number of hydrogen-bond acceptors (Lipinski definition) is 7. The quantitative estimate of drug-likeness (QED) is 0.638. The van der Waals surface area contributed by atoms with Crippen LogP contribution >= 0.6 is 11.3 Å². The number of anilines is 1. The van der Waals surface area contributed by atoms with Crippen LogP contribution in [-0.2, 0) is 4.79 Å². The first-order valence-electron chi connectivity index (χ1n) is 7.14. The predicted octanol–water partition coefficient (Wildman–Crippen LogP) is 2.31. The van der Waals surface area contributed by atoms with E-state index in [1.165, 1.54) is 18.4 Å². The molecule has 7 nitrogen and oxygen atoms in total. The minimum atomic E-state index is -0.0475. The molecule has 8 heteroatoms. The van der Waals surface area contributed by atoms with Crippen molar-refractivity contribution < 1.29 is 19.4 Å². The Morgan fingerprint density at radius 3 is 3.04 bits per heavy atom. The van der Waals surface area contributed by atoms with Crippen LogP contribution in [0.25, 0.3) is 21.3 Å². The van der Waals surface area contributed by atoms with Gasteiger partial charge in [0, 0.05) is 11.8 Å². The summed E-state index contributed by atoms with van der Waals surface area (Å²) in [7, 11) is 1.52. The van der Waals surface area contributed by atoms with E-state index in [9.17, 15) is 4.79 Å². The van der Waals surface area contributed by atoms with Crippen LogP contribution in [0.2, 0.25) is 0 Å². The number of aliphatic hydroxyl groups excluding tert-OH is 1. The Bertz CT molecular complexity index is 866. The number of ether oxygens (including phenoxy) is 2. The minimum absolute atomic E-state index is 0.0475. The van der Waals surface area contributed by atoms with E-state index in [1.54, 1.807) is 6.20 Å². The second-order valence-corrected chi connectivity index (χ2v) is 5.74. The average molecular weight is 345 g/mol. The molecule has 0 aliphatic heterocycles. The Morgan fingerprint density at radius 1 is 1.42 bits per heavy atom. The molecular weight excluding hydrogens is 330 g/mol. The number of aliphatic hydroxyl groups is 1. The fourth-order valence-electron chi connectivity index (χ4n) is 2.27. The topological polar surface area (TPSA) is 93.6 Å². The molecule has 24 heavy (non-hydrogen) atoms. The van der Waals surface area contributed by atoms with Crippen molar-refractivity contribution in [3.63, 3.8) is 0 Å². The van der Waals surface area contributed by atoms with Gasteiger partial charge in [-0.2, -0.15) is 0 Å². The first-order valence-corrected chi connectivity index (χ1v) is 7.96. The number of amides is 1. The highest BCUT2D eigenvalue weighted by molar-refractivity contribution is 7.22. The number of rotatable bonds is 7. The van der Waals surface area contributed by atoms with Crippen LogP contribution in [0.3, 0.4) is 0 Å². The van der Waals surface area contributed by atoms with Gasteiger partial charge < -0.3 is 19.9 Å². The van der Waals surface area contributed by atoms with Crippen molar-refractivity contribution in [2.75, 3.05) is 25.6 Å². The molecule has 0 bridgehead atoms. The predicted molar refractivity (Wildman–Crippen MR) is 91.7 cm³/mol. The lowest BCUT2D eigenvalue weighted by atomic mass is 10.1. The average Bonchev–Trinajstić information content (AvgIpc) is 3.03. The van der Waals surface area contributed by atoms with Crippen LogP contribution in [0.5, 0.6) is 11.6 Å². The minimum Gasteiger partial charge on any atom is -0.491 e. The van der Waals surface area contributed by atoms with Gasteiger partial charge in [-0.05, 0) is 17.7 Å². The van der Waals surface area contributed by atoms with Gasteiger partial charge in [-0.1, -0.05) is 23.5 Å². The molecule has 0 radical (unpaired) electrons. The summed E-state index contributed by atoms with van der Waals surface area (Å²) in [6.45, 7) is 0.182. The highest BCUT2D eigenvalue weighted by Gasteiger charge is 2.15. The maximum atomic E-state index is 10.7. The zero-order valence-corrected chi connectivity index (χ0v) is 13.7. The molecule has 0 saturated heterocycles. The molecule has 3 rings (SSSR count). The van der Waals surface area contributed by atoms with E-state index in [4.69, 9.17) is 14.6 Å². The molecule has 0 atom stereocenters. The monoisotopic (exact) mass is 345 g/mol. The molecule has 0 unspecified atom stereocenters. The third kappa shape index (κ3) is 3.15. The number of carbonyl (C=O) groups is 1. The van der Waals surface area contributed by atoms with Gasteiger partial charge in [-0.3, -0.25) is 4.79 Å². The second-order valence-electron chi connectivity index (χ2n) is 4.74. The number of nitrogens with zero attached hydrogens (tertiary/aromatic N) is 2. The molecule has 1 amide bonds. The van der Waals surface area contributed by atoms with Gasteiger partial charge in [0.1, 0.15) is 17.9 Å². The number of aromatic nitrogens is 2. The summed E-state index contributed by atoms with van der Waals surface area (Å²) >= 11 is 1.34. The fraction of sp³-hybridized carbons (Fsp3) is 0.188. The molecule has 0 spiro atoms. The standard InChI is InChI=1S/C16H15N3O4S/c1-22-15-13-14(24-16(19-13)18-9-21)12(8-17-15)10-3-2-4-11(7-10)23-6-5-20/h2-4,7-9,20H,5-6H2,1H3,(H,18,19,21). The molecule has 0 fully saturated rings. The number of hydrogen-bond donors (Lipinski definition) is 2. The fourth-order valence-corrected chi connectivity index (χ4v) is 3.22. The summed E-state index contributed by atoms with van der Waals surface area (Å²) in [5.74, 6) is 1.05. The van der Waals surface area contributed by atoms with Crippen LogP contribution < -0.4 is 14.8 Å². The SMILES string of the molecule is COc1ncc(-c2cccc(OCCO)c2)c2sc(NC=O)nc12. The molecule has 0 aliphatic carbocycles. The van der Waals surface area contributed by atoms with Gasteiger partial charge in [0.2, 0.25) is 12.3 Å². The zero-order valence-electron chi connectivity index (χ0n) is 12.9. The van der Waals surface area contributed by atoms with Crippen LogP contribution in [-0.4, -0.2) is 41.8 Å². The number of benzene rings is 1. The van der Waals surface area contributed by atoms with Gasteiger partial charge in [-0.25, -0.2) is 9.97 Å². The highest BCUT2D eigenvalue weighted by atomic mass is 32.1. The maximum absolute atomic E-state index is 10.7. The number of carbonyl (C=O) groups excluding carboxylic acids is 1. The third-order valence-corrected chi connectivity index (χ3v) is 4.29. The maximum Gasteiger partial charge on any atom is 0.241 e. The van der Waals surface area contributed by atoms with E-state index in [-0.39, 0.29) is 13.2 Å². The van der Waals surface area contributed by atoms with E-state index < -0.39 is 0 Å². The Kier molecular flexibility index (Phi) is 4.88. The van der Waals surface area contributed by atoms with E-state index in [0.717, 1.165) is 15.8 Å². The molecule has 3 aromatic rings. The molecule has 2 heterocycles. The molecule has 0 saturated carbocycles. The highest BCUT2D eigenvalue weighted by Crippen LogP contribution is 2.38. The van der Waals surface area contributed by atoms with Crippen LogP contribution in [0, 0.1) is 0 Å². The Labute approximate surface area is 141 Å². The van der Waals surface area contributed by atoms with Crippen LogP contribution in [0.4, 0.5) is 5.13 Å². The second kappa shape index (κ2) is 7.24. The van der Waals surface area contributed by atoms with Gasteiger partial charge in [0.15, 0.2) is 5.13 Å². The molecule has 124 valence electrons. The normalized spacial score (nSPS) is 10.6. The van der Waals surface area contributed by atoms with Crippen molar-refractivity contribution in [1.82, 2.24) is 9.97 Å². The lowest BCUT2D eigenvalue weighted by Gasteiger charge is -2.08. The Morgan fingerprint density at radius 2 is 2.29 bits per heavy atom. The van der Waals surface area contributed by atoms with Crippen molar-refractivity contribution in [2.24, 2.45) is 0 Å². The Balaban J connectivity index is 2.10. The first-order chi connectivity index (χ1) is 11.8.